The molecule has 4 heteroatoms. The van der Waals surface area contributed by atoms with Gasteiger partial charge in [-0.25, -0.2) is 4.57 Å². The number of carbonyl (C=O) groups excluding carboxylic acids is 1. The molecular weight excluding hydrogens is 389 g/mol. The molecule has 0 aliphatic rings. The summed E-state index contributed by atoms with van der Waals surface area (Å²) in [6.45, 7) is 3.33. The molecule has 2 aromatic rings. The second kappa shape index (κ2) is 10.3. The number of hydrogen-bond donors (Lipinski definition) is 0. The average molecular weight is 411 g/mol. The number of unbranched alkanes of at least 4 members (excludes halogenated alkanes) is 1. The Morgan fingerprint density at radius 3 is 2.36 bits per heavy atom. The molecule has 1 aromatic heterocycles. The van der Waals surface area contributed by atoms with E-state index in [9.17, 15) is 4.79 Å². The predicted molar refractivity (Wildman–Crippen MR) is 81.7 cm³/mol. The van der Waals surface area contributed by atoms with Crippen molar-refractivity contribution in [2.75, 3.05) is 6.61 Å². The van der Waals surface area contributed by atoms with Gasteiger partial charge in [0.15, 0.2) is 12.4 Å². The highest BCUT2D eigenvalue weighted by Crippen LogP contribution is 2.16. The van der Waals surface area contributed by atoms with Crippen molar-refractivity contribution in [3.8, 4) is 0 Å². The van der Waals surface area contributed by atoms with Gasteiger partial charge in [-0.3, -0.25) is 4.79 Å². The zero-order valence-corrected chi connectivity index (χ0v) is 15.0. The highest BCUT2D eigenvalue weighted by Gasteiger charge is 2.15. The number of hydrogen-bond acceptors (Lipinski definition) is 2. The summed E-state index contributed by atoms with van der Waals surface area (Å²) in [5.41, 5.74) is 1.00. The van der Waals surface area contributed by atoms with E-state index >= 15 is 0 Å². The number of aromatic nitrogens is 1. The van der Waals surface area contributed by atoms with E-state index in [1.165, 1.54) is 0 Å². The van der Waals surface area contributed by atoms with Crippen molar-refractivity contribution in [1.29, 1.82) is 0 Å². The van der Waals surface area contributed by atoms with E-state index in [2.05, 4.69) is 4.57 Å². The van der Waals surface area contributed by atoms with Crippen LogP contribution in [0.25, 0.3) is 0 Å². The van der Waals surface area contributed by atoms with Crippen molar-refractivity contribution >= 4 is 5.97 Å². The largest absolute Gasteiger partial charge is 1.00 e. The molecule has 0 unspecified atom stereocenters. The Hall–Kier alpha value is -1.43. The number of ether oxygens (including phenoxy) is 1. The number of pyridine rings is 1. The molecule has 0 radical (unpaired) electrons. The molecule has 2 rings (SSSR count). The first-order chi connectivity index (χ1) is 10.3. The van der Waals surface area contributed by atoms with Gasteiger partial charge in [0, 0.05) is 18.6 Å². The first-order valence-corrected chi connectivity index (χ1v) is 7.43. The summed E-state index contributed by atoms with van der Waals surface area (Å²) in [6.07, 6.45) is 5.98. The van der Waals surface area contributed by atoms with Crippen LogP contribution in [0.5, 0.6) is 0 Å². The van der Waals surface area contributed by atoms with Crippen molar-refractivity contribution in [2.45, 2.75) is 32.2 Å². The molecule has 118 valence electrons. The monoisotopic (exact) mass is 411 g/mol. The summed E-state index contributed by atoms with van der Waals surface area (Å²) in [7, 11) is 0. The summed E-state index contributed by atoms with van der Waals surface area (Å²) in [4.78, 5) is 11.9. The minimum absolute atomic E-state index is 0. The third-order valence-corrected chi connectivity index (χ3v) is 3.49. The molecule has 0 spiro atoms. The SMILES string of the molecule is C[C@@H](C(=O)OCCCC[n+]1ccccc1)c1ccccc1.[I-]. The van der Waals surface area contributed by atoms with Gasteiger partial charge in [0.1, 0.15) is 6.54 Å². The van der Waals surface area contributed by atoms with Crippen molar-refractivity contribution in [2.24, 2.45) is 0 Å². The molecule has 3 nitrogen and oxygen atoms in total. The normalized spacial score (nSPS) is 11.3. The van der Waals surface area contributed by atoms with Gasteiger partial charge in [-0.2, -0.15) is 0 Å². The Morgan fingerprint density at radius 2 is 1.68 bits per heavy atom. The molecule has 0 N–H and O–H groups in total. The smallest absolute Gasteiger partial charge is 0.313 e. The van der Waals surface area contributed by atoms with Gasteiger partial charge in [0.05, 0.1) is 12.5 Å². The van der Waals surface area contributed by atoms with Crippen molar-refractivity contribution in [1.82, 2.24) is 0 Å². The van der Waals surface area contributed by atoms with Crippen LogP contribution in [0.4, 0.5) is 0 Å². The first-order valence-electron chi connectivity index (χ1n) is 7.43. The molecular formula is C18H22INO2. The van der Waals surface area contributed by atoms with Crippen molar-refractivity contribution < 1.29 is 38.1 Å². The van der Waals surface area contributed by atoms with Crippen LogP contribution in [-0.4, -0.2) is 12.6 Å². The molecule has 0 bridgehead atoms. The number of halogens is 1. The Kier molecular flexibility index (Phi) is 8.74. The maximum Gasteiger partial charge on any atom is 0.313 e. The van der Waals surface area contributed by atoms with E-state index in [1.54, 1.807) is 0 Å². The van der Waals surface area contributed by atoms with Crippen LogP contribution in [-0.2, 0) is 16.1 Å². The minimum Gasteiger partial charge on any atom is -1.00 e. The van der Waals surface area contributed by atoms with Gasteiger partial charge < -0.3 is 28.7 Å². The molecule has 0 saturated carbocycles. The van der Waals surface area contributed by atoms with Crippen LogP contribution < -0.4 is 28.5 Å². The number of nitrogens with zero attached hydrogens (tertiary/aromatic N) is 1. The lowest BCUT2D eigenvalue weighted by molar-refractivity contribution is -0.697. The van der Waals surface area contributed by atoms with E-state index in [-0.39, 0.29) is 35.9 Å². The van der Waals surface area contributed by atoms with E-state index in [0.29, 0.717) is 6.61 Å². The fourth-order valence-corrected chi connectivity index (χ4v) is 2.16. The summed E-state index contributed by atoms with van der Waals surface area (Å²) in [5.74, 6) is -0.344. The average Bonchev–Trinajstić information content (AvgIpc) is 2.55. The number of rotatable bonds is 7. The predicted octanol–water partition coefficient (Wildman–Crippen LogP) is 0.105. The zero-order valence-electron chi connectivity index (χ0n) is 12.8. The maximum atomic E-state index is 11.9. The molecule has 0 aliphatic heterocycles. The van der Waals surface area contributed by atoms with E-state index < -0.39 is 0 Å². The van der Waals surface area contributed by atoms with Gasteiger partial charge >= 0.3 is 5.97 Å². The molecule has 0 amide bonds. The summed E-state index contributed by atoms with van der Waals surface area (Å²) < 4.78 is 7.48. The molecule has 0 fully saturated rings. The van der Waals surface area contributed by atoms with Crippen LogP contribution in [0.15, 0.2) is 60.9 Å². The standard InChI is InChI=1S/C18H22NO2.HI/c1-16(17-10-4-2-5-11-17)18(20)21-15-9-8-14-19-12-6-3-7-13-19;/h2-7,10-13,16H,8-9,14-15H2,1H3;1H/q+1;/p-1/t16-;/m1./s1. The summed E-state index contributed by atoms with van der Waals surface area (Å²) >= 11 is 0. The Morgan fingerprint density at radius 1 is 1.05 bits per heavy atom. The number of esters is 1. The van der Waals surface area contributed by atoms with E-state index in [4.69, 9.17) is 4.74 Å². The van der Waals surface area contributed by atoms with Gasteiger partial charge in [0.25, 0.3) is 0 Å². The number of carbonyl (C=O) groups is 1. The van der Waals surface area contributed by atoms with E-state index in [0.717, 1.165) is 24.9 Å². The van der Waals surface area contributed by atoms with Crippen LogP contribution in [0.2, 0.25) is 0 Å². The van der Waals surface area contributed by atoms with Gasteiger partial charge in [-0.1, -0.05) is 36.4 Å². The second-order valence-electron chi connectivity index (χ2n) is 5.12. The molecule has 1 heterocycles. The molecule has 1 aromatic carbocycles. The lowest BCUT2D eigenvalue weighted by atomic mass is 10.0. The Balaban J connectivity index is 0.00000242. The van der Waals surface area contributed by atoms with Gasteiger partial charge in [-0.05, 0) is 18.9 Å². The number of benzene rings is 1. The second-order valence-corrected chi connectivity index (χ2v) is 5.12. The fraction of sp³-hybridized carbons (Fsp3) is 0.333. The maximum absolute atomic E-state index is 11.9. The van der Waals surface area contributed by atoms with Crippen molar-refractivity contribution in [3.05, 3.63) is 66.5 Å². The lowest BCUT2D eigenvalue weighted by Crippen LogP contribution is -3.00. The van der Waals surface area contributed by atoms with Crippen LogP contribution in [0, 0.1) is 0 Å². The first kappa shape index (κ1) is 18.6. The fourth-order valence-electron chi connectivity index (χ4n) is 2.16. The topological polar surface area (TPSA) is 30.2 Å². The summed E-state index contributed by atoms with van der Waals surface area (Å²) in [6, 6.07) is 15.8. The highest BCUT2D eigenvalue weighted by molar-refractivity contribution is 5.77. The quantitative estimate of drug-likeness (QED) is 0.280. The Labute approximate surface area is 149 Å². The van der Waals surface area contributed by atoms with Crippen LogP contribution >= 0.6 is 0 Å². The molecule has 0 saturated heterocycles. The minimum atomic E-state index is -0.199. The lowest BCUT2D eigenvalue weighted by Gasteiger charge is -2.11. The zero-order chi connectivity index (χ0) is 14.9. The number of aryl methyl sites for hydroxylation is 1. The summed E-state index contributed by atoms with van der Waals surface area (Å²) in [5, 5.41) is 0. The van der Waals surface area contributed by atoms with Crippen LogP contribution in [0.1, 0.15) is 31.2 Å². The Bertz CT molecular complexity index is 546. The van der Waals surface area contributed by atoms with Crippen LogP contribution in [0.3, 0.4) is 0 Å². The highest BCUT2D eigenvalue weighted by atomic mass is 127. The third kappa shape index (κ3) is 6.13. The third-order valence-electron chi connectivity index (χ3n) is 3.49. The van der Waals surface area contributed by atoms with Gasteiger partial charge in [-0.15, -0.1) is 0 Å². The molecule has 0 aliphatic carbocycles. The van der Waals surface area contributed by atoms with Crippen molar-refractivity contribution in [3.63, 3.8) is 0 Å². The van der Waals surface area contributed by atoms with E-state index in [1.807, 2.05) is 67.8 Å². The molecule has 1 atom stereocenters. The molecule has 22 heavy (non-hydrogen) atoms. The van der Waals surface area contributed by atoms with Gasteiger partial charge in [0.2, 0.25) is 0 Å².